The van der Waals surface area contributed by atoms with Crippen LogP contribution in [0.1, 0.15) is 60.5 Å². The molecule has 2 aromatic carbocycles. The number of nitrogens with two attached hydrogens (primary N) is 1. The number of halogens is 1. The lowest BCUT2D eigenvalue weighted by Crippen LogP contribution is -2.43. The van der Waals surface area contributed by atoms with Gasteiger partial charge in [-0.15, -0.1) is 0 Å². The maximum Gasteiger partial charge on any atom is 0.459 e. The first-order valence-corrected chi connectivity index (χ1v) is 21.6. The predicted octanol–water partition coefficient (Wildman–Crippen LogP) is 6.23. The van der Waals surface area contributed by atoms with Crippen molar-refractivity contribution in [3.05, 3.63) is 72.8 Å². The van der Waals surface area contributed by atoms with Gasteiger partial charge in [-0.2, -0.15) is 10.2 Å². The molecule has 1 aliphatic rings. The van der Waals surface area contributed by atoms with Crippen LogP contribution in [0.4, 0.5) is 10.2 Å². The van der Waals surface area contributed by atoms with Gasteiger partial charge in [0.2, 0.25) is 0 Å². The van der Waals surface area contributed by atoms with Crippen molar-refractivity contribution in [2.75, 3.05) is 18.9 Å². The molecule has 5 rings (SSSR count). The minimum Gasteiger partial charge on any atom is -0.462 e. The molecule has 316 valence electrons. The number of alkyl halides is 1. The zero-order valence-electron chi connectivity index (χ0n) is 33.4. The molecule has 58 heavy (non-hydrogen) atoms. The van der Waals surface area contributed by atoms with Crippen LogP contribution in [-0.2, 0) is 42.0 Å². The summed E-state index contributed by atoms with van der Waals surface area (Å²) in [6.07, 6.45) is -4.46. The molecule has 0 aliphatic carbocycles. The Kier molecular flexibility index (Phi) is 14.3. The second kappa shape index (κ2) is 18.6. The molecule has 8 atom stereocenters. The first kappa shape index (κ1) is 44.6. The average Bonchev–Trinajstić information content (AvgIpc) is 3.68. The summed E-state index contributed by atoms with van der Waals surface area (Å²) in [5.41, 5.74) is 4.68. The molecule has 4 aromatic rings. The van der Waals surface area contributed by atoms with Crippen molar-refractivity contribution < 1.29 is 55.4 Å². The van der Waals surface area contributed by atoms with Gasteiger partial charge in [0.25, 0.3) is 0 Å². The Balaban J connectivity index is 1.50. The molecule has 1 saturated heterocycles. The lowest BCUT2D eigenvalue weighted by Gasteiger charge is -2.33. The van der Waals surface area contributed by atoms with Crippen molar-refractivity contribution >= 4 is 44.4 Å². The smallest absolute Gasteiger partial charge is 0.459 e. The van der Waals surface area contributed by atoms with Crippen LogP contribution in [0.5, 0.6) is 11.5 Å². The maximum atomic E-state index is 17.3. The van der Waals surface area contributed by atoms with Crippen molar-refractivity contribution in [3.8, 4) is 11.5 Å². The van der Waals surface area contributed by atoms with Gasteiger partial charge in [0.15, 0.2) is 23.9 Å². The number of carbonyl (C=O) groups is 2. The number of hydrogen-bond acceptors (Lipinski definition) is 15. The van der Waals surface area contributed by atoms with E-state index in [4.69, 9.17) is 38.0 Å². The van der Waals surface area contributed by atoms with Crippen molar-refractivity contribution in [3.63, 3.8) is 0 Å². The van der Waals surface area contributed by atoms with E-state index in [0.717, 1.165) is 0 Å². The molecule has 1 fully saturated rings. The number of hydrogen-bond donors (Lipinski definition) is 3. The second-order valence-electron chi connectivity index (χ2n) is 14.4. The highest BCUT2D eigenvalue weighted by molar-refractivity contribution is 7.52. The Hall–Kier alpha value is -4.48. The normalized spacial score (nSPS) is 22.6. The van der Waals surface area contributed by atoms with Gasteiger partial charge >= 0.3 is 27.4 Å². The molecule has 4 N–H and O–H groups in total. The molecule has 2 aromatic heterocycles. The highest BCUT2D eigenvalue weighted by atomic mass is 31.2. The monoisotopic (exact) mass is 849 g/mol. The molecular weight excluding hydrogens is 799 g/mol. The summed E-state index contributed by atoms with van der Waals surface area (Å²) in [4.78, 5) is 38.4. The minimum atomic E-state index is -4.53. The van der Waals surface area contributed by atoms with E-state index in [1.807, 2.05) is 0 Å². The first-order valence-electron chi connectivity index (χ1n) is 18.5. The molecule has 0 amide bonds. The first-order chi connectivity index (χ1) is 27.3. The van der Waals surface area contributed by atoms with E-state index in [1.165, 1.54) is 55.9 Å². The number of fused-ring (bicyclic) bond motifs is 1. The van der Waals surface area contributed by atoms with Crippen LogP contribution in [0.3, 0.4) is 0 Å². The van der Waals surface area contributed by atoms with Crippen LogP contribution in [-0.4, -0.2) is 81.2 Å². The standard InChI is InChI=1S/C37H50FN7O11P2/c1-22(2)52-35(46)24(5)43-57(48,55-27-15-11-9-12-16-27)50-19-29-37(8,31(38)34(54-29)45-21-40-30-32(39)41-26(7)42-33(30)45)20-51-58(49,56-28-17-13-10-14-18-28)44-25(6)36(47)53-23(3)4/h9-18,21-25,29,31,34H,19-20H2,1-8H3,(H,43,48)(H,44,49)(H2,39,41,42)/t24-,25-,29+,31?,34+,37?,57?,58?/m0/s1. The molecule has 0 bridgehead atoms. The third-order valence-corrected chi connectivity index (χ3v) is 12.0. The number of carbonyl (C=O) groups excluding carboxylic acids is 2. The van der Waals surface area contributed by atoms with E-state index < -0.39 is 88.9 Å². The Morgan fingerprint density at radius 1 is 0.862 bits per heavy atom. The highest BCUT2D eigenvalue weighted by Gasteiger charge is 2.57. The van der Waals surface area contributed by atoms with Crippen LogP contribution in [0.15, 0.2) is 67.0 Å². The molecule has 21 heteroatoms. The molecule has 1 aliphatic heterocycles. The van der Waals surface area contributed by atoms with Gasteiger partial charge in [-0.1, -0.05) is 43.3 Å². The Bertz CT molecular complexity index is 2130. The van der Waals surface area contributed by atoms with Gasteiger partial charge < -0.3 is 29.0 Å². The van der Waals surface area contributed by atoms with Crippen molar-refractivity contribution in [1.82, 2.24) is 29.7 Å². The molecule has 3 heterocycles. The summed E-state index contributed by atoms with van der Waals surface area (Å²) in [5, 5.41) is 5.21. The number of aryl methyl sites for hydroxylation is 1. The fourth-order valence-corrected chi connectivity index (χ4v) is 8.90. The van der Waals surface area contributed by atoms with Gasteiger partial charge in [-0.3, -0.25) is 23.2 Å². The molecule has 0 radical (unpaired) electrons. The van der Waals surface area contributed by atoms with Crippen LogP contribution in [0.25, 0.3) is 11.2 Å². The van der Waals surface area contributed by atoms with Gasteiger partial charge in [-0.25, -0.2) is 28.5 Å². The topological polar surface area (TPSA) is 227 Å². The van der Waals surface area contributed by atoms with Crippen molar-refractivity contribution in [1.29, 1.82) is 0 Å². The number of nitrogens with zero attached hydrogens (tertiary/aromatic N) is 4. The van der Waals surface area contributed by atoms with Gasteiger partial charge in [0.1, 0.15) is 34.9 Å². The highest BCUT2D eigenvalue weighted by Crippen LogP contribution is 2.53. The number of aromatic nitrogens is 4. The zero-order chi connectivity index (χ0) is 42.4. The van der Waals surface area contributed by atoms with E-state index >= 15 is 4.39 Å². The molecule has 18 nitrogen and oxygen atoms in total. The zero-order valence-corrected chi connectivity index (χ0v) is 35.2. The maximum absolute atomic E-state index is 17.3. The average molecular weight is 850 g/mol. The summed E-state index contributed by atoms with van der Waals surface area (Å²) < 4.78 is 88.1. The van der Waals surface area contributed by atoms with Crippen LogP contribution < -0.4 is 25.0 Å². The predicted molar refractivity (Wildman–Crippen MR) is 210 cm³/mol. The number of ether oxygens (including phenoxy) is 3. The van der Waals surface area contributed by atoms with E-state index in [1.54, 1.807) is 71.0 Å². The number of esters is 2. The fraction of sp³-hybridized carbons (Fsp3) is 0.486. The minimum absolute atomic E-state index is 0.0611. The number of anilines is 1. The molecule has 0 spiro atoms. The third-order valence-electron chi connectivity index (χ3n) is 8.75. The summed E-state index contributed by atoms with van der Waals surface area (Å²) in [7, 11) is -9.02. The Labute approximate surface area is 335 Å². The fourth-order valence-electron chi connectivity index (χ4n) is 5.80. The lowest BCUT2D eigenvalue weighted by molar-refractivity contribution is -0.150. The van der Waals surface area contributed by atoms with Gasteiger partial charge in [-0.05, 0) is 72.7 Å². The van der Waals surface area contributed by atoms with Crippen LogP contribution in [0.2, 0.25) is 0 Å². The quantitative estimate of drug-likeness (QED) is 0.0702. The summed E-state index contributed by atoms with van der Waals surface area (Å²) in [6.45, 7) is 11.2. The number of rotatable bonds is 19. The Morgan fingerprint density at radius 2 is 1.36 bits per heavy atom. The number of nitrogen functional groups attached to an aromatic ring is 1. The van der Waals surface area contributed by atoms with Crippen LogP contribution >= 0.6 is 15.5 Å². The Morgan fingerprint density at radius 3 is 1.86 bits per heavy atom. The van der Waals surface area contributed by atoms with E-state index in [-0.39, 0.29) is 34.3 Å². The third kappa shape index (κ3) is 11.0. The molecular formula is C37H50FN7O11P2. The van der Waals surface area contributed by atoms with Crippen LogP contribution in [0, 0.1) is 12.3 Å². The summed E-state index contributed by atoms with van der Waals surface area (Å²) in [6, 6.07) is 13.7. The number of imidazole rings is 1. The van der Waals surface area contributed by atoms with E-state index in [9.17, 15) is 18.7 Å². The number of benzene rings is 2. The van der Waals surface area contributed by atoms with E-state index in [0.29, 0.717) is 0 Å². The second-order valence-corrected chi connectivity index (χ2v) is 17.8. The number of nitrogens with one attached hydrogen (secondary N) is 2. The van der Waals surface area contributed by atoms with Crippen molar-refractivity contribution in [2.24, 2.45) is 5.41 Å². The van der Waals surface area contributed by atoms with Gasteiger partial charge in [0.05, 0.1) is 43.3 Å². The lowest BCUT2D eigenvalue weighted by atomic mass is 9.82. The molecule has 4 unspecified atom stereocenters. The molecule has 0 saturated carbocycles. The van der Waals surface area contributed by atoms with Gasteiger partial charge in [0, 0.05) is 0 Å². The van der Waals surface area contributed by atoms with E-state index in [2.05, 4.69) is 25.1 Å². The SMILES string of the molecule is Cc1nc(N)c2ncn([C@@H]3O[C@H](COP(=O)(N[C@@H](C)C(=O)OC(C)C)Oc4ccccc4)C(C)(COP(=O)(N[C@@H](C)C(=O)OC(C)C)Oc4ccccc4)C3F)c2n1. The summed E-state index contributed by atoms with van der Waals surface area (Å²) >= 11 is 0. The summed E-state index contributed by atoms with van der Waals surface area (Å²) in [5.74, 6) is -0.862. The van der Waals surface area contributed by atoms with Crippen molar-refractivity contribution in [2.45, 2.75) is 98.2 Å². The number of para-hydroxylation sites is 2. The largest absolute Gasteiger partial charge is 0.462 e.